The Labute approximate surface area is 220 Å². The molecule has 0 fully saturated rings. The largest absolute Gasteiger partial charge is 0.490 e. The van der Waals surface area contributed by atoms with Gasteiger partial charge in [0.15, 0.2) is 5.78 Å². The molecule has 37 heavy (non-hydrogen) atoms. The van der Waals surface area contributed by atoms with Gasteiger partial charge in [-0.25, -0.2) is 0 Å². The average Bonchev–Trinajstić information content (AvgIpc) is 2.78. The number of ketones is 1. The maximum absolute atomic E-state index is 12.9. The second-order valence-corrected chi connectivity index (χ2v) is 11.2. The van der Waals surface area contributed by atoms with Crippen molar-refractivity contribution in [2.24, 2.45) is 10.8 Å². The lowest BCUT2D eigenvalue weighted by Crippen LogP contribution is -2.26. The lowest BCUT2D eigenvalue weighted by atomic mass is 9.97. The van der Waals surface area contributed by atoms with Gasteiger partial charge in [0.2, 0.25) is 0 Å². The van der Waals surface area contributed by atoms with Crippen LogP contribution in [0.15, 0.2) is 55.1 Å². The maximum atomic E-state index is 12.9. The predicted molar refractivity (Wildman–Crippen MR) is 146 cm³/mol. The van der Waals surface area contributed by atoms with Crippen LogP contribution in [0.1, 0.15) is 76.9 Å². The summed E-state index contributed by atoms with van der Waals surface area (Å²) in [4.78, 5) is 37.5. The van der Waals surface area contributed by atoms with Crippen LogP contribution in [0, 0.1) is 10.8 Å². The van der Waals surface area contributed by atoms with E-state index in [9.17, 15) is 14.4 Å². The summed E-state index contributed by atoms with van der Waals surface area (Å²) >= 11 is 0. The number of esters is 2. The van der Waals surface area contributed by atoms with E-state index in [0.29, 0.717) is 34.8 Å². The Morgan fingerprint density at radius 2 is 1.43 bits per heavy atom. The van der Waals surface area contributed by atoms with Gasteiger partial charge in [0, 0.05) is 17.2 Å². The fraction of sp³-hybridized carbons (Fsp3) is 0.387. The molecule has 0 saturated heterocycles. The highest BCUT2D eigenvalue weighted by molar-refractivity contribution is 6.07. The van der Waals surface area contributed by atoms with E-state index in [4.69, 9.17) is 14.2 Å². The Bertz CT molecular complexity index is 1170. The zero-order valence-electron chi connectivity index (χ0n) is 23.1. The topological polar surface area (TPSA) is 78.9 Å². The minimum absolute atomic E-state index is 0.136. The third kappa shape index (κ3) is 8.74. The summed E-state index contributed by atoms with van der Waals surface area (Å²) in [5, 5.41) is 0. The van der Waals surface area contributed by atoms with Crippen molar-refractivity contribution in [3.63, 3.8) is 0 Å². The highest BCUT2D eigenvalue weighted by Crippen LogP contribution is 2.33. The number of carbonyl (C=O) groups is 3. The van der Waals surface area contributed by atoms with Crippen molar-refractivity contribution in [2.75, 3.05) is 0 Å². The molecule has 6 heteroatoms. The monoisotopic (exact) mass is 506 g/mol. The van der Waals surface area contributed by atoms with Crippen LogP contribution in [-0.2, 0) is 16.0 Å². The molecule has 0 spiro atoms. The lowest BCUT2D eigenvalue weighted by Gasteiger charge is -2.20. The lowest BCUT2D eigenvalue weighted by molar-refractivity contribution is -0.143. The molecule has 0 heterocycles. The van der Waals surface area contributed by atoms with Gasteiger partial charge in [-0.05, 0) is 110 Å². The molecule has 2 aromatic carbocycles. The molecule has 0 saturated carbocycles. The molecule has 0 aromatic heterocycles. The highest BCUT2D eigenvalue weighted by Gasteiger charge is 2.26. The number of ether oxygens (including phenoxy) is 3. The summed E-state index contributed by atoms with van der Waals surface area (Å²) < 4.78 is 17.0. The summed E-state index contributed by atoms with van der Waals surface area (Å²) in [6, 6.07) is 9.94. The van der Waals surface area contributed by atoms with E-state index in [2.05, 4.69) is 6.58 Å². The van der Waals surface area contributed by atoms with E-state index in [1.807, 2.05) is 19.9 Å². The summed E-state index contributed by atoms with van der Waals surface area (Å²) in [5.74, 6) is 0.340. The first-order chi connectivity index (χ1) is 17.1. The third-order valence-electron chi connectivity index (χ3n) is 5.11. The van der Waals surface area contributed by atoms with Gasteiger partial charge < -0.3 is 14.2 Å². The SMILES string of the molecule is C=CCc1cc(C=CC(=O)c2ccc(OC(=O)C(C)(C)C)cc2)c(OC(C)C)cc1OC(=O)C(C)(C)C. The van der Waals surface area contributed by atoms with Crippen LogP contribution in [0.4, 0.5) is 0 Å². The van der Waals surface area contributed by atoms with E-state index in [-0.39, 0.29) is 23.8 Å². The van der Waals surface area contributed by atoms with Gasteiger partial charge in [0.05, 0.1) is 16.9 Å². The number of carbonyl (C=O) groups excluding carboxylic acids is 3. The van der Waals surface area contributed by atoms with Gasteiger partial charge in [0.25, 0.3) is 0 Å². The first-order valence-corrected chi connectivity index (χ1v) is 12.3. The molecule has 0 bridgehead atoms. The quantitative estimate of drug-likeness (QED) is 0.120. The van der Waals surface area contributed by atoms with Crippen LogP contribution >= 0.6 is 0 Å². The first kappa shape index (κ1) is 29.6. The Kier molecular flexibility index (Phi) is 9.62. The number of allylic oxidation sites excluding steroid dienone is 2. The second-order valence-electron chi connectivity index (χ2n) is 11.2. The second kappa shape index (κ2) is 12.0. The molecule has 2 aromatic rings. The molecule has 0 aliphatic heterocycles. The van der Waals surface area contributed by atoms with Gasteiger partial charge in [0.1, 0.15) is 17.2 Å². The summed E-state index contributed by atoms with van der Waals surface area (Å²) in [5.41, 5.74) is 0.569. The summed E-state index contributed by atoms with van der Waals surface area (Å²) in [6.45, 7) is 18.3. The van der Waals surface area contributed by atoms with Gasteiger partial charge in [-0.15, -0.1) is 6.58 Å². The molecule has 2 rings (SSSR count). The van der Waals surface area contributed by atoms with Crippen LogP contribution in [0.5, 0.6) is 17.2 Å². The minimum atomic E-state index is -0.671. The van der Waals surface area contributed by atoms with Crippen LogP contribution in [0.25, 0.3) is 6.08 Å². The number of rotatable bonds is 9. The normalized spacial score (nSPS) is 11.9. The molecule has 198 valence electrons. The van der Waals surface area contributed by atoms with Crippen molar-refractivity contribution in [3.05, 3.63) is 71.8 Å². The van der Waals surface area contributed by atoms with E-state index in [1.165, 1.54) is 6.08 Å². The Morgan fingerprint density at radius 3 is 1.95 bits per heavy atom. The molecule has 0 radical (unpaired) electrons. The van der Waals surface area contributed by atoms with Gasteiger partial charge in [-0.2, -0.15) is 0 Å². The van der Waals surface area contributed by atoms with Crippen LogP contribution < -0.4 is 14.2 Å². The molecular formula is C31H38O6. The minimum Gasteiger partial charge on any atom is -0.490 e. The molecule has 0 aliphatic rings. The zero-order chi connectivity index (χ0) is 28.0. The van der Waals surface area contributed by atoms with Crippen LogP contribution in [-0.4, -0.2) is 23.8 Å². The van der Waals surface area contributed by atoms with Crippen molar-refractivity contribution in [2.45, 2.75) is 67.9 Å². The summed E-state index contributed by atoms with van der Waals surface area (Å²) in [6.07, 6.45) is 5.19. The molecular weight excluding hydrogens is 468 g/mol. The Morgan fingerprint density at radius 1 is 0.865 bits per heavy atom. The first-order valence-electron chi connectivity index (χ1n) is 12.3. The molecule has 0 unspecified atom stereocenters. The molecule has 0 atom stereocenters. The van der Waals surface area contributed by atoms with Crippen LogP contribution in [0.2, 0.25) is 0 Å². The van der Waals surface area contributed by atoms with Crippen molar-refractivity contribution in [1.82, 2.24) is 0 Å². The zero-order valence-corrected chi connectivity index (χ0v) is 23.1. The van der Waals surface area contributed by atoms with Crippen molar-refractivity contribution >= 4 is 23.8 Å². The third-order valence-corrected chi connectivity index (χ3v) is 5.11. The van der Waals surface area contributed by atoms with E-state index in [1.54, 1.807) is 84.0 Å². The van der Waals surface area contributed by atoms with Crippen molar-refractivity contribution < 1.29 is 28.6 Å². The fourth-order valence-corrected chi connectivity index (χ4v) is 2.98. The smallest absolute Gasteiger partial charge is 0.316 e. The van der Waals surface area contributed by atoms with Gasteiger partial charge in [-0.1, -0.05) is 6.08 Å². The summed E-state index contributed by atoms with van der Waals surface area (Å²) in [7, 11) is 0. The Balaban J connectivity index is 2.35. The Hall–Kier alpha value is -3.67. The van der Waals surface area contributed by atoms with Crippen molar-refractivity contribution in [1.29, 1.82) is 0 Å². The number of hydrogen-bond donors (Lipinski definition) is 0. The fourth-order valence-electron chi connectivity index (χ4n) is 2.98. The van der Waals surface area contributed by atoms with Gasteiger partial charge in [-0.3, -0.25) is 14.4 Å². The standard InChI is InChI=1S/C31H38O6/c1-10-11-22-18-23(26(35-20(2)3)19-27(22)37-29(34)31(7,8)9)14-17-25(32)21-12-15-24(16-13-21)36-28(33)30(4,5)6/h10,12-20H,1,11H2,2-9H3. The molecule has 0 amide bonds. The number of benzene rings is 2. The predicted octanol–water partition coefficient (Wildman–Crippen LogP) is 7.00. The average molecular weight is 507 g/mol. The molecule has 6 nitrogen and oxygen atoms in total. The molecule has 0 aliphatic carbocycles. The van der Waals surface area contributed by atoms with E-state index >= 15 is 0 Å². The van der Waals surface area contributed by atoms with Gasteiger partial charge >= 0.3 is 11.9 Å². The van der Waals surface area contributed by atoms with E-state index < -0.39 is 10.8 Å². The van der Waals surface area contributed by atoms with Crippen LogP contribution in [0.3, 0.4) is 0 Å². The van der Waals surface area contributed by atoms with E-state index in [0.717, 1.165) is 5.56 Å². The number of hydrogen-bond acceptors (Lipinski definition) is 6. The maximum Gasteiger partial charge on any atom is 0.316 e. The highest BCUT2D eigenvalue weighted by atomic mass is 16.5. The van der Waals surface area contributed by atoms with Crippen molar-refractivity contribution in [3.8, 4) is 17.2 Å². The molecule has 0 N–H and O–H groups in total.